The van der Waals surface area contributed by atoms with E-state index < -0.39 is 11.7 Å². The zero-order valence-electron chi connectivity index (χ0n) is 11.6. The number of aromatic amines is 1. The molecule has 1 aromatic heterocycles. The fraction of sp³-hybridized carbons (Fsp3) is 0.333. The van der Waals surface area contributed by atoms with Crippen molar-refractivity contribution in [2.75, 3.05) is 0 Å². The average molecular weight is 310 g/mol. The van der Waals surface area contributed by atoms with E-state index in [2.05, 4.69) is 11.9 Å². The Balaban J connectivity index is 2.15. The minimum absolute atomic E-state index is 0.108. The van der Waals surface area contributed by atoms with Gasteiger partial charge in [-0.15, -0.1) is 0 Å². The summed E-state index contributed by atoms with van der Waals surface area (Å²) in [6.45, 7) is 2.05. The van der Waals surface area contributed by atoms with Gasteiger partial charge in [0.1, 0.15) is 5.69 Å². The highest BCUT2D eigenvalue weighted by molar-refractivity contribution is 6.30. The number of aromatic nitrogens is 1. The number of esters is 1. The molecule has 112 valence electrons. The van der Waals surface area contributed by atoms with Crippen LogP contribution in [0.3, 0.4) is 0 Å². The molecule has 0 unspecified atom stereocenters. The Hall–Kier alpha value is -2.01. The zero-order valence-corrected chi connectivity index (χ0v) is 12.4. The van der Waals surface area contributed by atoms with Crippen molar-refractivity contribution in [3.05, 3.63) is 39.8 Å². The van der Waals surface area contributed by atoms with E-state index in [0.29, 0.717) is 22.7 Å². The molecule has 0 amide bonds. The van der Waals surface area contributed by atoms with Gasteiger partial charge in [-0.3, -0.25) is 9.78 Å². The Morgan fingerprint density at radius 3 is 2.67 bits per heavy atom. The number of H-pyrrole nitrogens is 1. The summed E-state index contributed by atoms with van der Waals surface area (Å²) in [6, 6.07) is 6.76. The Kier molecular flexibility index (Phi) is 5.22. The lowest BCUT2D eigenvalue weighted by Crippen LogP contribution is -2.07. The lowest BCUT2D eigenvalue weighted by Gasteiger charge is -2.03. The molecule has 0 aliphatic heterocycles. The number of carbonyl (C=O) groups excluding carboxylic acids is 1. The van der Waals surface area contributed by atoms with Gasteiger partial charge in [0.2, 0.25) is 0 Å². The molecule has 1 heterocycles. The Bertz CT molecular complexity index is 657. The second-order valence-corrected chi connectivity index (χ2v) is 5.05. The zero-order chi connectivity index (χ0) is 15.2. The van der Waals surface area contributed by atoms with Gasteiger partial charge >= 0.3 is 17.7 Å². The van der Waals surface area contributed by atoms with Crippen LogP contribution in [0, 0.1) is 0 Å². The topological polar surface area (TPSA) is 72.3 Å². The molecule has 21 heavy (non-hydrogen) atoms. The minimum Gasteiger partial charge on any atom is -0.391 e. The SMILES string of the molecule is CCCCCC(=O)Oc1oc(=O)[nH]c1-c1ccc(Cl)cc1. The van der Waals surface area contributed by atoms with Crippen molar-refractivity contribution >= 4 is 17.6 Å². The quantitative estimate of drug-likeness (QED) is 0.651. The van der Waals surface area contributed by atoms with Gasteiger partial charge in [-0.25, -0.2) is 4.79 Å². The number of benzene rings is 1. The number of carbonyl (C=O) groups is 1. The molecule has 0 radical (unpaired) electrons. The summed E-state index contributed by atoms with van der Waals surface area (Å²) in [5, 5.41) is 0.572. The largest absolute Gasteiger partial charge is 0.419 e. The van der Waals surface area contributed by atoms with Gasteiger partial charge in [-0.05, 0) is 18.6 Å². The molecule has 0 spiro atoms. The Morgan fingerprint density at radius 2 is 2.00 bits per heavy atom. The molecular formula is C15H16ClNO4. The summed E-state index contributed by atoms with van der Waals surface area (Å²) in [5.74, 6) is -1.19. The van der Waals surface area contributed by atoms with E-state index >= 15 is 0 Å². The molecule has 0 saturated carbocycles. The van der Waals surface area contributed by atoms with E-state index in [0.717, 1.165) is 19.3 Å². The van der Waals surface area contributed by atoms with Gasteiger partial charge < -0.3 is 9.15 Å². The number of unbranched alkanes of at least 4 members (excludes halogenated alkanes) is 2. The second kappa shape index (κ2) is 7.13. The number of hydrogen-bond acceptors (Lipinski definition) is 4. The smallest absolute Gasteiger partial charge is 0.391 e. The second-order valence-electron chi connectivity index (χ2n) is 4.62. The van der Waals surface area contributed by atoms with E-state index in [9.17, 15) is 9.59 Å². The molecule has 0 bridgehead atoms. The highest BCUT2D eigenvalue weighted by Gasteiger charge is 2.17. The maximum Gasteiger partial charge on any atom is 0.419 e. The Morgan fingerprint density at radius 1 is 1.29 bits per heavy atom. The predicted molar refractivity (Wildman–Crippen MR) is 79.6 cm³/mol. The van der Waals surface area contributed by atoms with Crippen molar-refractivity contribution in [3.8, 4) is 17.2 Å². The van der Waals surface area contributed by atoms with Crippen molar-refractivity contribution < 1.29 is 13.9 Å². The van der Waals surface area contributed by atoms with Crippen LogP contribution in [0.2, 0.25) is 5.02 Å². The fourth-order valence-corrected chi connectivity index (χ4v) is 1.99. The third kappa shape index (κ3) is 4.23. The summed E-state index contributed by atoms with van der Waals surface area (Å²) >= 11 is 5.82. The monoisotopic (exact) mass is 309 g/mol. The summed E-state index contributed by atoms with van der Waals surface area (Å²) in [7, 11) is 0. The molecule has 1 N–H and O–H groups in total. The predicted octanol–water partition coefficient (Wildman–Crippen LogP) is 3.77. The molecule has 2 rings (SSSR count). The number of halogens is 1. The molecule has 0 aliphatic carbocycles. The van der Waals surface area contributed by atoms with E-state index in [4.69, 9.17) is 20.8 Å². The first-order valence-corrected chi connectivity index (χ1v) is 7.17. The van der Waals surface area contributed by atoms with Crippen LogP contribution in [-0.4, -0.2) is 11.0 Å². The van der Waals surface area contributed by atoms with Crippen molar-refractivity contribution in [2.24, 2.45) is 0 Å². The molecule has 0 aliphatic rings. The molecule has 6 heteroatoms. The molecule has 0 saturated heterocycles. The minimum atomic E-state index is -0.670. The standard InChI is InChI=1S/C15H16ClNO4/c1-2-3-4-5-12(18)20-14-13(17-15(19)21-14)10-6-8-11(16)9-7-10/h6-9H,2-5H2,1H3,(H,17,19). The number of oxazole rings is 1. The lowest BCUT2D eigenvalue weighted by molar-refractivity contribution is -0.135. The average Bonchev–Trinajstić information content (AvgIpc) is 2.80. The van der Waals surface area contributed by atoms with Gasteiger partial charge in [0.25, 0.3) is 0 Å². The highest BCUT2D eigenvalue weighted by Crippen LogP contribution is 2.28. The molecule has 1 aromatic carbocycles. The number of hydrogen-bond donors (Lipinski definition) is 1. The van der Waals surface area contributed by atoms with Gasteiger partial charge in [-0.2, -0.15) is 0 Å². The first-order chi connectivity index (χ1) is 10.1. The van der Waals surface area contributed by atoms with Crippen LogP contribution in [0.4, 0.5) is 0 Å². The molecule has 5 nitrogen and oxygen atoms in total. The van der Waals surface area contributed by atoms with Crippen LogP contribution in [0.1, 0.15) is 32.6 Å². The van der Waals surface area contributed by atoms with Crippen molar-refractivity contribution in [3.63, 3.8) is 0 Å². The number of nitrogens with one attached hydrogen (secondary N) is 1. The van der Waals surface area contributed by atoms with Crippen molar-refractivity contribution in [1.29, 1.82) is 0 Å². The van der Waals surface area contributed by atoms with Gasteiger partial charge in [-0.1, -0.05) is 43.5 Å². The maximum atomic E-state index is 11.7. The van der Waals surface area contributed by atoms with Gasteiger partial charge in [0.15, 0.2) is 0 Å². The first kappa shape index (κ1) is 15.4. The van der Waals surface area contributed by atoms with Crippen LogP contribution in [0.15, 0.2) is 33.5 Å². The Labute approximate surface area is 126 Å². The summed E-state index contributed by atoms with van der Waals surface area (Å²) in [5.41, 5.74) is 0.988. The number of ether oxygens (including phenoxy) is 1. The molecule has 0 atom stereocenters. The number of rotatable bonds is 6. The fourth-order valence-electron chi connectivity index (χ4n) is 1.87. The van der Waals surface area contributed by atoms with Crippen molar-refractivity contribution in [1.82, 2.24) is 4.98 Å². The van der Waals surface area contributed by atoms with Gasteiger partial charge in [0.05, 0.1) is 0 Å². The van der Waals surface area contributed by atoms with E-state index in [1.165, 1.54) is 0 Å². The highest BCUT2D eigenvalue weighted by atomic mass is 35.5. The molecule has 2 aromatic rings. The van der Waals surface area contributed by atoms with Crippen molar-refractivity contribution in [2.45, 2.75) is 32.6 Å². The van der Waals surface area contributed by atoms with E-state index in [1.54, 1.807) is 24.3 Å². The molecular weight excluding hydrogens is 294 g/mol. The molecule has 0 fully saturated rings. The maximum absolute atomic E-state index is 11.7. The third-order valence-corrected chi connectivity index (χ3v) is 3.19. The third-order valence-electron chi connectivity index (χ3n) is 2.94. The van der Waals surface area contributed by atoms with E-state index in [-0.39, 0.29) is 5.95 Å². The van der Waals surface area contributed by atoms with Crippen LogP contribution in [-0.2, 0) is 4.79 Å². The van der Waals surface area contributed by atoms with Crippen LogP contribution < -0.4 is 10.5 Å². The van der Waals surface area contributed by atoms with Crippen LogP contribution >= 0.6 is 11.6 Å². The summed E-state index contributed by atoms with van der Waals surface area (Å²) < 4.78 is 10.0. The van der Waals surface area contributed by atoms with Crippen LogP contribution in [0.5, 0.6) is 5.95 Å². The first-order valence-electron chi connectivity index (χ1n) is 6.80. The van der Waals surface area contributed by atoms with Gasteiger partial charge in [0, 0.05) is 17.0 Å². The summed E-state index contributed by atoms with van der Waals surface area (Å²) in [6.07, 6.45) is 3.02. The van der Waals surface area contributed by atoms with Crippen LogP contribution in [0.25, 0.3) is 11.3 Å². The van der Waals surface area contributed by atoms with E-state index in [1.807, 2.05) is 0 Å². The lowest BCUT2D eigenvalue weighted by atomic mass is 10.2. The summed E-state index contributed by atoms with van der Waals surface area (Å²) in [4.78, 5) is 25.6. The normalized spacial score (nSPS) is 10.6.